The van der Waals surface area contributed by atoms with Gasteiger partial charge in [0.2, 0.25) is 0 Å². The maximum Gasteiger partial charge on any atom is 0.126 e. The molecule has 2 aromatic rings. The van der Waals surface area contributed by atoms with Crippen molar-refractivity contribution >= 4 is 0 Å². The minimum absolute atomic E-state index is 0.241. The van der Waals surface area contributed by atoms with Gasteiger partial charge in [-0.25, -0.2) is 4.39 Å². The largest absolute Gasteiger partial charge is 0.298 e. The first-order valence-corrected chi connectivity index (χ1v) is 6.63. The maximum atomic E-state index is 13.2. The van der Waals surface area contributed by atoms with Crippen LogP contribution in [-0.2, 0) is 6.42 Å². The van der Waals surface area contributed by atoms with Gasteiger partial charge in [-0.15, -0.1) is 0 Å². The quantitative estimate of drug-likeness (QED) is 0.900. The molecule has 0 radical (unpaired) electrons. The van der Waals surface area contributed by atoms with Crippen molar-refractivity contribution in [2.24, 2.45) is 0 Å². The lowest BCUT2D eigenvalue weighted by molar-refractivity contribution is 0.607. The molecule has 102 valence electrons. The Morgan fingerprint density at radius 3 is 2.60 bits per heavy atom. The van der Waals surface area contributed by atoms with E-state index in [4.69, 9.17) is 0 Å². The van der Waals surface area contributed by atoms with Crippen LogP contribution in [0.15, 0.2) is 48.5 Å². The Kier molecular flexibility index (Phi) is 4.86. The smallest absolute Gasteiger partial charge is 0.126 e. The van der Waals surface area contributed by atoms with Crippen LogP contribution in [0.5, 0.6) is 0 Å². The number of aryl methyl sites for hydroxylation is 1. The van der Waals surface area contributed by atoms with Crippen molar-refractivity contribution in [3.05, 3.63) is 71.0 Å². The molecule has 0 bridgehead atoms. The molecule has 1 N–H and O–H groups in total. The van der Waals surface area contributed by atoms with Gasteiger partial charge in [0.1, 0.15) is 11.9 Å². The molecule has 0 saturated carbocycles. The maximum absolute atomic E-state index is 13.2. The number of nitrogens with one attached hydrogen (secondary N) is 1. The second-order valence-electron chi connectivity index (χ2n) is 4.76. The van der Waals surface area contributed by atoms with E-state index in [9.17, 15) is 9.65 Å². The Balaban J connectivity index is 1.96. The van der Waals surface area contributed by atoms with Crippen LogP contribution in [0.3, 0.4) is 0 Å². The Hall–Kier alpha value is -2.18. The monoisotopic (exact) mass is 268 g/mol. The number of nitriles is 1. The normalized spacial score (nSPS) is 11.8. The van der Waals surface area contributed by atoms with E-state index in [1.54, 1.807) is 19.1 Å². The van der Waals surface area contributed by atoms with E-state index in [1.165, 1.54) is 11.6 Å². The van der Waals surface area contributed by atoms with Gasteiger partial charge in [-0.2, -0.15) is 5.26 Å². The van der Waals surface area contributed by atoms with Crippen LogP contribution in [-0.4, -0.2) is 6.54 Å². The van der Waals surface area contributed by atoms with Crippen LogP contribution in [0, 0.1) is 24.1 Å². The zero-order valence-corrected chi connectivity index (χ0v) is 11.4. The van der Waals surface area contributed by atoms with Gasteiger partial charge in [-0.05, 0) is 36.1 Å². The number of nitrogens with zero attached hydrogens (tertiary/aromatic N) is 1. The summed E-state index contributed by atoms with van der Waals surface area (Å²) in [7, 11) is 0. The summed E-state index contributed by atoms with van der Waals surface area (Å²) in [6.07, 6.45) is 0.860. The summed E-state index contributed by atoms with van der Waals surface area (Å²) in [5.41, 5.74) is 2.60. The van der Waals surface area contributed by atoms with Crippen molar-refractivity contribution in [1.82, 2.24) is 5.32 Å². The first kappa shape index (κ1) is 14.2. The molecule has 2 nitrogen and oxygen atoms in total. The van der Waals surface area contributed by atoms with Crippen molar-refractivity contribution in [1.29, 1.82) is 5.26 Å². The summed E-state index contributed by atoms with van der Waals surface area (Å²) in [6.45, 7) is 2.41. The molecule has 0 aromatic heterocycles. The fraction of sp³-hybridized carbons (Fsp3) is 0.235. The molecule has 0 heterocycles. The molecule has 1 atom stereocenters. The molecule has 0 fully saturated rings. The van der Waals surface area contributed by atoms with Gasteiger partial charge in [0.05, 0.1) is 6.07 Å². The fourth-order valence-electron chi connectivity index (χ4n) is 2.09. The molecular weight excluding hydrogens is 251 g/mol. The molecule has 20 heavy (non-hydrogen) atoms. The summed E-state index contributed by atoms with van der Waals surface area (Å²) in [5, 5.41) is 12.4. The molecule has 0 saturated heterocycles. The Morgan fingerprint density at radius 2 is 1.95 bits per heavy atom. The van der Waals surface area contributed by atoms with E-state index in [2.05, 4.69) is 23.5 Å². The zero-order chi connectivity index (χ0) is 14.4. The number of rotatable bonds is 5. The van der Waals surface area contributed by atoms with Crippen molar-refractivity contribution < 1.29 is 4.39 Å². The number of halogens is 1. The highest BCUT2D eigenvalue weighted by Gasteiger charge is 2.10. The Bertz CT molecular complexity index is 602. The van der Waals surface area contributed by atoms with Crippen LogP contribution in [0.1, 0.15) is 22.7 Å². The number of hydrogen-bond donors (Lipinski definition) is 1. The Morgan fingerprint density at radius 1 is 1.20 bits per heavy atom. The van der Waals surface area contributed by atoms with Gasteiger partial charge < -0.3 is 0 Å². The van der Waals surface area contributed by atoms with Crippen LogP contribution >= 0.6 is 0 Å². The van der Waals surface area contributed by atoms with Gasteiger partial charge in [0.15, 0.2) is 0 Å². The predicted octanol–water partition coefficient (Wildman–Crippen LogP) is 3.53. The third-order valence-corrected chi connectivity index (χ3v) is 3.25. The lowest BCUT2D eigenvalue weighted by Gasteiger charge is -2.12. The van der Waals surface area contributed by atoms with Gasteiger partial charge in [-0.1, -0.05) is 42.5 Å². The van der Waals surface area contributed by atoms with Crippen molar-refractivity contribution in [3.63, 3.8) is 0 Å². The SMILES string of the molecule is Cc1cc(C(C#N)NCCc2ccccc2)ccc1F. The highest BCUT2D eigenvalue weighted by Crippen LogP contribution is 2.16. The van der Waals surface area contributed by atoms with E-state index in [1.807, 2.05) is 18.2 Å². The molecule has 2 aromatic carbocycles. The van der Waals surface area contributed by atoms with E-state index in [0.29, 0.717) is 12.1 Å². The summed E-state index contributed by atoms with van der Waals surface area (Å²) in [4.78, 5) is 0. The lowest BCUT2D eigenvalue weighted by atomic mass is 10.0. The molecular formula is C17H17FN2. The second kappa shape index (κ2) is 6.83. The molecule has 3 heteroatoms. The van der Waals surface area contributed by atoms with Crippen LogP contribution in [0.2, 0.25) is 0 Å². The molecule has 0 aliphatic carbocycles. The van der Waals surface area contributed by atoms with Crippen LogP contribution in [0.4, 0.5) is 4.39 Å². The van der Waals surface area contributed by atoms with Gasteiger partial charge in [-0.3, -0.25) is 5.32 Å². The van der Waals surface area contributed by atoms with E-state index in [0.717, 1.165) is 12.0 Å². The van der Waals surface area contributed by atoms with Crippen molar-refractivity contribution in [3.8, 4) is 6.07 Å². The minimum atomic E-state index is -0.405. The fourth-order valence-corrected chi connectivity index (χ4v) is 2.09. The first-order chi connectivity index (χ1) is 9.70. The second-order valence-corrected chi connectivity index (χ2v) is 4.76. The minimum Gasteiger partial charge on any atom is -0.298 e. The van der Waals surface area contributed by atoms with E-state index in [-0.39, 0.29) is 5.82 Å². The highest BCUT2D eigenvalue weighted by atomic mass is 19.1. The summed E-state index contributed by atoms with van der Waals surface area (Å²) >= 11 is 0. The summed E-state index contributed by atoms with van der Waals surface area (Å²) in [5.74, 6) is -0.241. The van der Waals surface area contributed by atoms with Crippen molar-refractivity contribution in [2.75, 3.05) is 6.54 Å². The van der Waals surface area contributed by atoms with E-state index < -0.39 is 6.04 Å². The number of benzene rings is 2. The van der Waals surface area contributed by atoms with Gasteiger partial charge >= 0.3 is 0 Å². The Labute approximate surface area is 118 Å². The summed E-state index contributed by atoms with van der Waals surface area (Å²) < 4.78 is 13.2. The topological polar surface area (TPSA) is 35.8 Å². The lowest BCUT2D eigenvalue weighted by Crippen LogP contribution is -2.22. The van der Waals surface area contributed by atoms with Crippen LogP contribution in [0.25, 0.3) is 0 Å². The molecule has 0 aliphatic rings. The van der Waals surface area contributed by atoms with Gasteiger partial charge in [0.25, 0.3) is 0 Å². The molecule has 0 amide bonds. The van der Waals surface area contributed by atoms with E-state index >= 15 is 0 Å². The predicted molar refractivity (Wildman–Crippen MR) is 77.6 cm³/mol. The average molecular weight is 268 g/mol. The molecule has 1 unspecified atom stereocenters. The summed E-state index contributed by atoms with van der Waals surface area (Å²) in [6, 6.07) is 16.7. The molecule has 0 aliphatic heterocycles. The highest BCUT2D eigenvalue weighted by molar-refractivity contribution is 5.29. The number of hydrogen-bond acceptors (Lipinski definition) is 2. The average Bonchev–Trinajstić information content (AvgIpc) is 2.48. The third kappa shape index (κ3) is 3.66. The zero-order valence-electron chi connectivity index (χ0n) is 11.4. The van der Waals surface area contributed by atoms with Gasteiger partial charge in [0, 0.05) is 6.54 Å². The standard InChI is InChI=1S/C17H17FN2/c1-13-11-15(7-8-16(13)18)17(12-19)20-10-9-14-5-3-2-4-6-14/h2-8,11,17,20H,9-10H2,1H3. The van der Waals surface area contributed by atoms with Crippen LogP contribution < -0.4 is 5.32 Å². The molecule has 0 spiro atoms. The first-order valence-electron chi connectivity index (χ1n) is 6.63. The van der Waals surface area contributed by atoms with Crippen molar-refractivity contribution in [2.45, 2.75) is 19.4 Å². The molecule has 2 rings (SSSR count). The third-order valence-electron chi connectivity index (χ3n) is 3.25.